The maximum Gasteiger partial charge on any atom is 0.494 e. The van der Waals surface area contributed by atoms with Gasteiger partial charge in [0.05, 0.1) is 11.2 Å². The molecule has 0 aliphatic carbocycles. The van der Waals surface area contributed by atoms with Gasteiger partial charge in [0.15, 0.2) is 0 Å². The van der Waals surface area contributed by atoms with Crippen molar-refractivity contribution in [2.75, 3.05) is 11.9 Å². The van der Waals surface area contributed by atoms with Gasteiger partial charge in [-0.05, 0) is 45.3 Å². The third-order valence-corrected chi connectivity index (χ3v) is 4.46. The number of amides is 1. The van der Waals surface area contributed by atoms with E-state index < -0.39 is 7.12 Å². The maximum absolute atomic E-state index is 11.8. The standard InChI is InChI=1S/C16H24BNO3/c1-7-14(19)18(6)13-10-8-9-12(11-13)17-20-15(2,3)16(4,5)21-17/h8-11H,7H2,1-6H3. The van der Waals surface area contributed by atoms with Crippen LogP contribution < -0.4 is 10.4 Å². The Labute approximate surface area is 127 Å². The molecular formula is C16H24BNO3. The molecule has 1 fully saturated rings. The van der Waals surface area contributed by atoms with E-state index in [-0.39, 0.29) is 17.1 Å². The fourth-order valence-corrected chi connectivity index (χ4v) is 2.24. The summed E-state index contributed by atoms with van der Waals surface area (Å²) >= 11 is 0. The predicted octanol–water partition coefficient (Wildman–Crippen LogP) is 2.36. The summed E-state index contributed by atoms with van der Waals surface area (Å²) in [6.45, 7) is 9.98. The van der Waals surface area contributed by atoms with Gasteiger partial charge in [-0.3, -0.25) is 4.79 Å². The Kier molecular flexibility index (Phi) is 4.18. The Morgan fingerprint density at radius 2 is 1.76 bits per heavy atom. The van der Waals surface area contributed by atoms with Crippen LogP contribution in [0.2, 0.25) is 0 Å². The fourth-order valence-electron chi connectivity index (χ4n) is 2.24. The maximum atomic E-state index is 11.8. The van der Waals surface area contributed by atoms with Gasteiger partial charge in [0, 0.05) is 19.2 Å². The molecule has 1 saturated heterocycles. The number of nitrogens with zero attached hydrogens (tertiary/aromatic N) is 1. The van der Waals surface area contributed by atoms with Gasteiger partial charge < -0.3 is 14.2 Å². The topological polar surface area (TPSA) is 38.8 Å². The molecular weight excluding hydrogens is 265 g/mol. The van der Waals surface area contributed by atoms with E-state index in [1.165, 1.54) is 0 Å². The van der Waals surface area contributed by atoms with Crippen LogP contribution in [0.5, 0.6) is 0 Å². The number of benzene rings is 1. The van der Waals surface area contributed by atoms with Gasteiger partial charge in [0.2, 0.25) is 5.91 Å². The summed E-state index contributed by atoms with van der Waals surface area (Å²) < 4.78 is 12.1. The molecule has 0 bridgehead atoms. The number of carbonyl (C=O) groups is 1. The van der Waals surface area contributed by atoms with Crippen LogP contribution in [0.3, 0.4) is 0 Å². The van der Waals surface area contributed by atoms with E-state index in [0.29, 0.717) is 6.42 Å². The summed E-state index contributed by atoms with van der Waals surface area (Å²) in [5.74, 6) is 0.0843. The second-order valence-electron chi connectivity index (χ2n) is 6.49. The van der Waals surface area contributed by atoms with Crippen molar-refractivity contribution in [3.8, 4) is 0 Å². The molecule has 21 heavy (non-hydrogen) atoms. The summed E-state index contributed by atoms with van der Waals surface area (Å²) in [6, 6.07) is 7.77. The molecule has 0 atom stereocenters. The second kappa shape index (κ2) is 5.46. The lowest BCUT2D eigenvalue weighted by Gasteiger charge is -2.32. The van der Waals surface area contributed by atoms with E-state index in [4.69, 9.17) is 9.31 Å². The summed E-state index contributed by atoms with van der Waals surface area (Å²) in [7, 11) is 1.38. The van der Waals surface area contributed by atoms with E-state index >= 15 is 0 Å². The minimum Gasteiger partial charge on any atom is -0.399 e. The smallest absolute Gasteiger partial charge is 0.399 e. The summed E-state index contributed by atoms with van der Waals surface area (Å²) in [6.07, 6.45) is 0.483. The monoisotopic (exact) mass is 289 g/mol. The van der Waals surface area contributed by atoms with Crippen molar-refractivity contribution in [1.82, 2.24) is 0 Å². The molecule has 0 N–H and O–H groups in total. The minimum atomic E-state index is -0.403. The van der Waals surface area contributed by atoms with E-state index in [2.05, 4.69) is 0 Å². The van der Waals surface area contributed by atoms with Crippen LogP contribution in [-0.2, 0) is 14.1 Å². The predicted molar refractivity (Wildman–Crippen MR) is 85.9 cm³/mol. The molecule has 1 aliphatic heterocycles. The molecule has 4 nitrogen and oxygen atoms in total. The van der Waals surface area contributed by atoms with Gasteiger partial charge in [0.1, 0.15) is 0 Å². The first-order valence-electron chi connectivity index (χ1n) is 7.40. The molecule has 0 spiro atoms. The van der Waals surface area contributed by atoms with E-state index in [9.17, 15) is 4.79 Å². The molecule has 1 amide bonds. The van der Waals surface area contributed by atoms with Crippen LogP contribution in [0.25, 0.3) is 0 Å². The zero-order valence-corrected chi connectivity index (χ0v) is 13.8. The Balaban J connectivity index is 2.25. The van der Waals surface area contributed by atoms with Gasteiger partial charge >= 0.3 is 7.12 Å². The van der Waals surface area contributed by atoms with Gasteiger partial charge in [-0.1, -0.05) is 19.1 Å². The van der Waals surface area contributed by atoms with Crippen molar-refractivity contribution in [3.63, 3.8) is 0 Å². The minimum absolute atomic E-state index is 0.0843. The number of carbonyl (C=O) groups excluding carboxylic acids is 1. The van der Waals surface area contributed by atoms with E-state index in [1.54, 1.807) is 11.9 Å². The number of hydrogen-bond donors (Lipinski definition) is 0. The highest BCUT2D eigenvalue weighted by atomic mass is 16.7. The first kappa shape index (κ1) is 16.1. The second-order valence-corrected chi connectivity index (χ2v) is 6.49. The molecule has 2 rings (SSSR count). The molecule has 5 heteroatoms. The van der Waals surface area contributed by atoms with Crippen molar-refractivity contribution in [2.24, 2.45) is 0 Å². The van der Waals surface area contributed by atoms with E-state index in [1.807, 2.05) is 58.9 Å². The summed E-state index contributed by atoms with van der Waals surface area (Å²) in [5, 5.41) is 0. The molecule has 1 aromatic rings. The normalized spacial score (nSPS) is 19.6. The van der Waals surface area contributed by atoms with Crippen LogP contribution >= 0.6 is 0 Å². The highest BCUT2D eigenvalue weighted by Crippen LogP contribution is 2.36. The average molecular weight is 289 g/mol. The van der Waals surface area contributed by atoms with Crippen LogP contribution in [0, 0.1) is 0 Å². The van der Waals surface area contributed by atoms with Gasteiger partial charge in [-0.2, -0.15) is 0 Å². The van der Waals surface area contributed by atoms with Crippen molar-refractivity contribution >= 4 is 24.2 Å². The average Bonchev–Trinajstić information content (AvgIpc) is 2.66. The van der Waals surface area contributed by atoms with Gasteiger partial charge in [-0.15, -0.1) is 0 Å². The Morgan fingerprint density at radius 1 is 1.19 bits per heavy atom. The number of hydrogen-bond acceptors (Lipinski definition) is 3. The zero-order valence-electron chi connectivity index (χ0n) is 13.8. The third-order valence-electron chi connectivity index (χ3n) is 4.46. The zero-order chi connectivity index (χ0) is 15.8. The summed E-state index contributed by atoms with van der Waals surface area (Å²) in [5.41, 5.74) is 1.06. The number of rotatable bonds is 3. The molecule has 1 aromatic carbocycles. The third kappa shape index (κ3) is 2.99. The molecule has 0 aromatic heterocycles. The highest BCUT2D eigenvalue weighted by Gasteiger charge is 2.51. The highest BCUT2D eigenvalue weighted by molar-refractivity contribution is 6.62. The molecule has 114 valence electrons. The van der Waals surface area contributed by atoms with E-state index in [0.717, 1.165) is 11.2 Å². The largest absolute Gasteiger partial charge is 0.494 e. The van der Waals surface area contributed by atoms with Gasteiger partial charge in [0.25, 0.3) is 0 Å². The summed E-state index contributed by atoms with van der Waals surface area (Å²) in [4.78, 5) is 13.5. The van der Waals surface area contributed by atoms with Crippen LogP contribution in [0.15, 0.2) is 24.3 Å². The Hall–Kier alpha value is -1.33. The van der Waals surface area contributed by atoms with Crippen molar-refractivity contribution < 1.29 is 14.1 Å². The van der Waals surface area contributed by atoms with Crippen molar-refractivity contribution in [2.45, 2.75) is 52.2 Å². The first-order valence-corrected chi connectivity index (χ1v) is 7.40. The SMILES string of the molecule is CCC(=O)N(C)c1cccc(B2OC(C)(C)C(C)(C)O2)c1. The fraction of sp³-hybridized carbons (Fsp3) is 0.562. The lowest BCUT2D eigenvalue weighted by Crippen LogP contribution is -2.41. The van der Waals surface area contributed by atoms with Crippen LogP contribution in [-0.4, -0.2) is 31.3 Å². The quantitative estimate of drug-likeness (QED) is 0.802. The van der Waals surface area contributed by atoms with Crippen molar-refractivity contribution in [1.29, 1.82) is 0 Å². The van der Waals surface area contributed by atoms with Crippen molar-refractivity contribution in [3.05, 3.63) is 24.3 Å². The molecule has 0 saturated carbocycles. The lowest BCUT2D eigenvalue weighted by molar-refractivity contribution is -0.118. The lowest BCUT2D eigenvalue weighted by atomic mass is 9.79. The first-order chi connectivity index (χ1) is 9.68. The number of anilines is 1. The molecule has 0 unspecified atom stereocenters. The molecule has 0 radical (unpaired) electrons. The molecule has 1 heterocycles. The van der Waals surface area contributed by atoms with Crippen LogP contribution in [0.4, 0.5) is 5.69 Å². The Morgan fingerprint density at radius 3 is 2.29 bits per heavy atom. The Bertz CT molecular complexity index is 526. The molecule has 1 aliphatic rings. The van der Waals surface area contributed by atoms with Gasteiger partial charge in [-0.25, -0.2) is 0 Å². The van der Waals surface area contributed by atoms with Crippen LogP contribution in [0.1, 0.15) is 41.0 Å².